The molecule has 4 rings (SSSR count). The van der Waals surface area contributed by atoms with E-state index in [-0.39, 0.29) is 0 Å². The van der Waals surface area contributed by atoms with E-state index in [1.54, 1.807) is 35.2 Å². The average molecular weight is 360 g/mol. The van der Waals surface area contributed by atoms with Gasteiger partial charge in [-0.2, -0.15) is 0 Å². The first-order valence-corrected chi connectivity index (χ1v) is 9.03. The fraction of sp³-hybridized carbons (Fsp3) is 0.0625. The van der Waals surface area contributed by atoms with Gasteiger partial charge in [-0.25, -0.2) is 4.98 Å². The monoisotopic (exact) mass is 359 g/mol. The van der Waals surface area contributed by atoms with Crippen LogP contribution in [0, 0.1) is 0 Å². The molecule has 2 aromatic heterocycles. The number of hydrogen-bond donors (Lipinski definition) is 0. The van der Waals surface area contributed by atoms with Crippen LogP contribution in [-0.4, -0.2) is 15.2 Å². The van der Waals surface area contributed by atoms with Crippen LogP contribution in [0.2, 0.25) is 5.02 Å². The van der Waals surface area contributed by atoms with Crippen LogP contribution in [0.1, 0.15) is 5.89 Å². The molecule has 0 atom stereocenters. The maximum Gasteiger partial charge on any atom is 0.247 e. The van der Waals surface area contributed by atoms with Crippen LogP contribution < -0.4 is 0 Å². The number of benzene rings is 2. The summed E-state index contributed by atoms with van der Waals surface area (Å²) in [7, 11) is 0. The van der Waals surface area contributed by atoms with Gasteiger partial charge >= 0.3 is 0 Å². The van der Waals surface area contributed by atoms with E-state index in [1.165, 1.54) is 4.70 Å². The van der Waals surface area contributed by atoms with Gasteiger partial charge in [-0.15, -0.1) is 21.5 Å². The van der Waals surface area contributed by atoms with Crippen molar-refractivity contribution in [2.45, 2.75) is 10.1 Å². The lowest BCUT2D eigenvalue weighted by Gasteiger charge is -1.94. The van der Waals surface area contributed by atoms with Crippen LogP contribution in [0.5, 0.6) is 0 Å². The molecule has 114 valence electrons. The van der Waals surface area contributed by atoms with Gasteiger partial charge in [0.1, 0.15) is 0 Å². The Morgan fingerprint density at radius 3 is 2.70 bits per heavy atom. The van der Waals surface area contributed by atoms with Crippen LogP contribution in [0.15, 0.2) is 57.3 Å². The number of halogens is 1. The van der Waals surface area contributed by atoms with Crippen LogP contribution in [0.3, 0.4) is 0 Å². The van der Waals surface area contributed by atoms with Crippen molar-refractivity contribution in [3.8, 4) is 11.5 Å². The Balaban J connectivity index is 1.48. The van der Waals surface area contributed by atoms with Crippen LogP contribution in [0.4, 0.5) is 0 Å². The predicted octanol–water partition coefficient (Wildman–Crippen LogP) is 5.29. The van der Waals surface area contributed by atoms with Gasteiger partial charge < -0.3 is 4.42 Å². The molecule has 4 aromatic rings. The average Bonchev–Trinajstić information content (AvgIpc) is 3.20. The summed E-state index contributed by atoms with van der Waals surface area (Å²) in [5, 5.41) is 8.85. The number of hydrogen-bond acceptors (Lipinski definition) is 6. The van der Waals surface area contributed by atoms with E-state index < -0.39 is 0 Å². The standard InChI is InChI=1S/C16H10ClN3OS2/c17-11-7-5-10(6-8-11)15-20-19-14(21-15)9-22-16-18-12-3-1-2-4-13(12)23-16/h1-8H,9H2. The molecule has 0 amide bonds. The molecule has 7 heteroatoms. The quantitative estimate of drug-likeness (QED) is 0.463. The van der Waals surface area contributed by atoms with Gasteiger partial charge in [-0.05, 0) is 36.4 Å². The Kier molecular flexibility index (Phi) is 4.03. The van der Waals surface area contributed by atoms with E-state index >= 15 is 0 Å². The van der Waals surface area contributed by atoms with Crippen molar-refractivity contribution >= 4 is 44.9 Å². The second kappa shape index (κ2) is 6.31. The number of rotatable bonds is 4. The topological polar surface area (TPSA) is 51.8 Å². The van der Waals surface area contributed by atoms with Crippen LogP contribution >= 0.6 is 34.7 Å². The summed E-state index contributed by atoms with van der Waals surface area (Å²) in [4.78, 5) is 4.58. The van der Waals surface area contributed by atoms with E-state index in [1.807, 2.05) is 30.3 Å². The van der Waals surface area contributed by atoms with Crippen molar-refractivity contribution in [2.24, 2.45) is 0 Å². The molecule has 2 aromatic carbocycles. The normalized spacial score (nSPS) is 11.2. The second-order valence-electron chi connectivity index (χ2n) is 4.74. The van der Waals surface area contributed by atoms with Gasteiger partial charge in [-0.1, -0.05) is 35.5 Å². The van der Waals surface area contributed by atoms with E-state index in [4.69, 9.17) is 16.0 Å². The number of para-hydroxylation sites is 1. The minimum absolute atomic E-state index is 0.501. The Morgan fingerprint density at radius 2 is 1.87 bits per heavy atom. The fourth-order valence-corrected chi connectivity index (χ4v) is 4.09. The SMILES string of the molecule is Clc1ccc(-c2nnc(CSc3nc4ccccc4s3)o2)cc1. The Labute approximate surface area is 145 Å². The number of aromatic nitrogens is 3. The van der Waals surface area contributed by atoms with Gasteiger partial charge in [0.15, 0.2) is 4.34 Å². The summed E-state index contributed by atoms with van der Waals surface area (Å²) < 4.78 is 7.88. The largest absolute Gasteiger partial charge is 0.420 e. The zero-order chi connectivity index (χ0) is 15.6. The molecule has 0 spiro atoms. The lowest BCUT2D eigenvalue weighted by Crippen LogP contribution is -1.79. The van der Waals surface area contributed by atoms with E-state index in [0.717, 1.165) is 15.4 Å². The molecule has 0 aliphatic carbocycles. The lowest BCUT2D eigenvalue weighted by atomic mass is 10.2. The van der Waals surface area contributed by atoms with Gasteiger partial charge in [-0.3, -0.25) is 0 Å². The first kappa shape index (κ1) is 14.7. The van der Waals surface area contributed by atoms with Crippen LogP contribution in [0.25, 0.3) is 21.7 Å². The summed E-state index contributed by atoms with van der Waals surface area (Å²) >= 11 is 9.15. The molecular formula is C16H10ClN3OS2. The zero-order valence-electron chi connectivity index (χ0n) is 11.8. The van der Waals surface area contributed by atoms with Gasteiger partial charge in [0, 0.05) is 10.6 Å². The highest BCUT2D eigenvalue weighted by Gasteiger charge is 2.10. The minimum Gasteiger partial charge on any atom is -0.420 e. The van der Waals surface area contributed by atoms with Gasteiger partial charge in [0.2, 0.25) is 11.8 Å². The molecular weight excluding hydrogens is 350 g/mol. The molecule has 2 heterocycles. The van der Waals surface area contributed by atoms with Crippen molar-refractivity contribution in [2.75, 3.05) is 0 Å². The number of thioether (sulfide) groups is 1. The molecule has 23 heavy (non-hydrogen) atoms. The smallest absolute Gasteiger partial charge is 0.247 e. The molecule has 0 aliphatic heterocycles. The molecule has 0 aliphatic rings. The van der Waals surface area contributed by atoms with Gasteiger partial charge in [0.25, 0.3) is 0 Å². The van der Waals surface area contributed by atoms with Crippen molar-refractivity contribution in [1.29, 1.82) is 0 Å². The highest BCUT2D eigenvalue weighted by molar-refractivity contribution is 8.00. The van der Waals surface area contributed by atoms with E-state index in [0.29, 0.717) is 22.6 Å². The number of fused-ring (bicyclic) bond motifs is 1. The highest BCUT2D eigenvalue weighted by atomic mass is 35.5. The molecule has 0 bridgehead atoms. The van der Waals surface area contributed by atoms with Crippen molar-refractivity contribution in [1.82, 2.24) is 15.2 Å². The fourth-order valence-electron chi connectivity index (χ4n) is 2.06. The first-order chi connectivity index (χ1) is 11.3. The molecule has 0 saturated carbocycles. The Hall–Kier alpha value is -1.89. The molecule has 0 unspecified atom stereocenters. The summed E-state index contributed by atoms with van der Waals surface area (Å²) in [6.45, 7) is 0. The molecule has 4 nitrogen and oxygen atoms in total. The predicted molar refractivity (Wildman–Crippen MR) is 93.9 cm³/mol. The molecule has 0 radical (unpaired) electrons. The molecule has 0 fully saturated rings. The summed E-state index contributed by atoms with van der Waals surface area (Å²) in [6, 6.07) is 15.4. The first-order valence-electron chi connectivity index (χ1n) is 6.84. The third-order valence-electron chi connectivity index (χ3n) is 3.15. The summed E-state index contributed by atoms with van der Waals surface area (Å²) in [6.07, 6.45) is 0. The Bertz CT molecular complexity index is 916. The maximum atomic E-state index is 5.88. The van der Waals surface area contributed by atoms with Crippen LogP contribution in [-0.2, 0) is 5.75 Å². The van der Waals surface area contributed by atoms with Gasteiger partial charge in [0.05, 0.1) is 16.0 Å². The second-order valence-corrected chi connectivity index (χ2v) is 7.43. The third-order valence-corrected chi connectivity index (χ3v) is 5.57. The number of nitrogens with zero attached hydrogens (tertiary/aromatic N) is 3. The highest BCUT2D eigenvalue weighted by Crippen LogP contribution is 2.31. The Morgan fingerprint density at radius 1 is 1.04 bits per heavy atom. The summed E-state index contributed by atoms with van der Waals surface area (Å²) in [5.41, 5.74) is 1.88. The lowest BCUT2D eigenvalue weighted by molar-refractivity contribution is 0.528. The molecule has 0 saturated heterocycles. The van der Waals surface area contributed by atoms with Crippen molar-refractivity contribution in [3.63, 3.8) is 0 Å². The van der Waals surface area contributed by atoms with Crippen molar-refractivity contribution < 1.29 is 4.42 Å². The van der Waals surface area contributed by atoms with E-state index in [2.05, 4.69) is 21.2 Å². The number of thiazole rings is 1. The van der Waals surface area contributed by atoms with Crippen molar-refractivity contribution in [3.05, 3.63) is 59.4 Å². The maximum absolute atomic E-state index is 5.88. The minimum atomic E-state index is 0.501. The molecule has 0 N–H and O–H groups in total. The summed E-state index contributed by atoms with van der Waals surface area (Å²) in [5.74, 6) is 1.68. The zero-order valence-corrected chi connectivity index (χ0v) is 14.2. The third kappa shape index (κ3) is 3.24. The van der Waals surface area contributed by atoms with E-state index in [9.17, 15) is 0 Å².